The molecule has 0 radical (unpaired) electrons. The first-order valence-electron chi connectivity index (χ1n) is 5.87. The van der Waals surface area contributed by atoms with Gasteiger partial charge in [0, 0.05) is 19.3 Å². The van der Waals surface area contributed by atoms with Crippen LogP contribution in [0.1, 0.15) is 16.7 Å². The first-order valence-corrected chi connectivity index (χ1v) is 5.87. The molecule has 2 aromatic rings. The zero-order valence-corrected chi connectivity index (χ0v) is 9.93. The Labute approximate surface area is 106 Å². The predicted molar refractivity (Wildman–Crippen MR) is 71.6 cm³/mol. The minimum absolute atomic E-state index is 0.0639. The molecule has 0 aliphatic carbocycles. The van der Waals surface area contributed by atoms with E-state index in [1.165, 1.54) is 11.1 Å². The molecule has 0 unspecified atom stereocenters. The molecule has 90 valence electrons. The fourth-order valence-corrected chi connectivity index (χ4v) is 2.34. The van der Waals surface area contributed by atoms with Gasteiger partial charge in [-0.3, -0.25) is 5.41 Å². The van der Waals surface area contributed by atoms with Crippen molar-refractivity contribution in [3.05, 3.63) is 59.3 Å². The molecular weight excluding hydrogens is 224 g/mol. The molecule has 4 heteroatoms. The maximum Gasteiger partial charge on any atom is 0.140 e. The molecule has 0 amide bonds. The van der Waals surface area contributed by atoms with E-state index in [0.29, 0.717) is 5.56 Å². The number of nitrogens with zero attached hydrogens (tertiary/aromatic N) is 2. The van der Waals surface area contributed by atoms with E-state index in [4.69, 9.17) is 11.1 Å². The van der Waals surface area contributed by atoms with Crippen molar-refractivity contribution in [2.45, 2.75) is 13.1 Å². The summed E-state index contributed by atoms with van der Waals surface area (Å²) < 4.78 is 0. The topological polar surface area (TPSA) is 66.0 Å². The number of amidine groups is 1. The van der Waals surface area contributed by atoms with Crippen molar-refractivity contribution < 1.29 is 0 Å². The summed E-state index contributed by atoms with van der Waals surface area (Å²) in [6, 6.07) is 12.0. The van der Waals surface area contributed by atoms with Crippen molar-refractivity contribution >= 4 is 11.7 Å². The number of benzene rings is 1. The molecule has 0 spiro atoms. The van der Waals surface area contributed by atoms with E-state index in [1.54, 1.807) is 6.20 Å². The Kier molecular flexibility index (Phi) is 2.48. The Morgan fingerprint density at radius 3 is 2.39 bits per heavy atom. The van der Waals surface area contributed by atoms with Crippen molar-refractivity contribution in [3.8, 4) is 0 Å². The molecule has 3 N–H and O–H groups in total. The van der Waals surface area contributed by atoms with Gasteiger partial charge in [0.1, 0.15) is 11.7 Å². The fraction of sp³-hybridized carbons (Fsp3) is 0.143. The predicted octanol–water partition coefficient (Wildman–Crippen LogP) is 1.89. The van der Waals surface area contributed by atoms with Gasteiger partial charge in [-0.2, -0.15) is 0 Å². The van der Waals surface area contributed by atoms with Gasteiger partial charge in [-0.1, -0.05) is 24.3 Å². The summed E-state index contributed by atoms with van der Waals surface area (Å²) in [6.07, 6.45) is 1.74. The highest BCUT2D eigenvalue weighted by Crippen LogP contribution is 2.28. The van der Waals surface area contributed by atoms with Crippen LogP contribution in [0.2, 0.25) is 0 Å². The van der Waals surface area contributed by atoms with Gasteiger partial charge >= 0.3 is 0 Å². The summed E-state index contributed by atoms with van der Waals surface area (Å²) in [4.78, 5) is 6.52. The van der Waals surface area contributed by atoms with E-state index >= 15 is 0 Å². The van der Waals surface area contributed by atoms with Crippen molar-refractivity contribution in [3.63, 3.8) is 0 Å². The number of hydrogen-bond acceptors (Lipinski definition) is 3. The maximum atomic E-state index is 7.61. The van der Waals surface area contributed by atoms with E-state index in [1.807, 2.05) is 24.3 Å². The molecule has 2 heterocycles. The van der Waals surface area contributed by atoms with Crippen LogP contribution in [0.5, 0.6) is 0 Å². The normalized spacial score (nSPS) is 13.4. The molecule has 1 aliphatic heterocycles. The summed E-state index contributed by atoms with van der Waals surface area (Å²) >= 11 is 0. The van der Waals surface area contributed by atoms with Gasteiger partial charge in [-0.05, 0) is 23.3 Å². The molecule has 0 fully saturated rings. The van der Waals surface area contributed by atoms with Crippen LogP contribution in [-0.4, -0.2) is 10.8 Å². The standard InChI is InChI=1S/C14H14N4/c15-13(16)12-6-3-7-17-14(12)18-8-10-4-1-2-5-11(10)9-18/h1-7H,8-9H2,(H3,15,16). The fourth-order valence-electron chi connectivity index (χ4n) is 2.34. The Morgan fingerprint density at radius 1 is 1.11 bits per heavy atom. The maximum absolute atomic E-state index is 7.61. The molecule has 4 nitrogen and oxygen atoms in total. The first kappa shape index (κ1) is 10.8. The van der Waals surface area contributed by atoms with E-state index in [-0.39, 0.29) is 5.84 Å². The lowest BCUT2D eigenvalue weighted by Crippen LogP contribution is -2.22. The van der Waals surface area contributed by atoms with Gasteiger partial charge in [-0.25, -0.2) is 4.98 Å². The molecule has 18 heavy (non-hydrogen) atoms. The molecule has 0 saturated carbocycles. The number of aromatic nitrogens is 1. The third kappa shape index (κ3) is 1.72. The summed E-state index contributed by atoms with van der Waals surface area (Å²) in [5.74, 6) is 0.857. The second kappa shape index (κ2) is 4.14. The van der Waals surface area contributed by atoms with Gasteiger partial charge in [-0.15, -0.1) is 0 Å². The van der Waals surface area contributed by atoms with Crippen LogP contribution in [-0.2, 0) is 13.1 Å². The highest BCUT2D eigenvalue weighted by Gasteiger charge is 2.22. The molecule has 0 bridgehead atoms. The number of pyridine rings is 1. The van der Waals surface area contributed by atoms with E-state index < -0.39 is 0 Å². The average molecular weight is 238 g/mol. The van der Waals surface area contributed by atoms with Crippen molar-refractivity contribution in [2.75, 3.05) is 4.90 Å². The van der Waals surface area contributed by atoms with Gasteiger partial charge in [0.25, 0.3) is 0 Å². The lowest BCUT2D eigenvalue weighted by molar-refractivity contribution is 0.855. The van der Waals surface area contributed by atoms with Crippen LogP contribution < -0.4 is 10.6 Å². The lowest BCUT2D eigenvalue weighted by Gasteiger charge is -2.19. The Balaban J connectivity index is 1.98. The van der Waals surface area contributed by atoms with Crippen LogP contribution in [0.15, 0.2) is 42.6 Å². The third-order valence-electron chi connectivity index (χ3n) is 3.22. The van der Waals surface area contributed by atoms with Gasteiger partial charge in [0.05, 0.1) is 5.56 Å². The van der Waals surface area contributed by atoms with Crippen molar-refractivity contribution in [1.29, 1.82) is 5.41 Å². The highest BCUT2D eigenvalue weighted by atomic mass is 15.2. The van der Waals surface area contributed by atoms with Gasteiger partial charge in [0.15, 0.2) is 0 Å². The van der Waals surface area contributed by atoms with E-state index in [0.717, 1.165) is 18.9 Å². The second-order valence-corrected chi connectivity index (χ2v) is 4.41. The first-order chi connectivity index (χ1) is 8.75. The number of nitrogen functional groups attached to an aromatic ring is 1. The molecule has 3 rings (SSSR count). The van der Waals surface area contributed by atoms with Crippen LogP contribution >= 0.6 is 0 Å². The van der Waals surface area contributed by atoms with Crippen LogP contribution in [0.25, 0.3) is 0 Å². The quantitative estimate of drug-likeness (QED) is 0.620. The molecule has 1 aliphatic rings. The Morgan fingerprint density at radius 2 is 1.78 bits per heavy atom. The van der Waals surface area contributed by atoms with Crippen molar-refractivity contribution in [1.82, 2.24) is 4.98 Å². The lowest BCUT2D eigenvalue weighted by atomic mass is 10.1. The second-order valence-electron chi connectivity index (χ2n) is 4.41. The van der Waals surface area contributed by atoms with Crippen molar-refractivity contribution in [2.24, 2.45) is 5.73 Å². The number of rotatable bonds is 2. The largest absolute Gasteiger partial charge is 0.384 e. The van der Waals surface area contributed by atoms with E-state index in [9.17, 15) is 0 Å². The summed E-state index contributed by atoms with van der Waals surface area (Å²) in [7, 11) is 0. The van der Waals surface area contributed by atoms with Crippen LogP contribution in [0, 0.1) is 5.41 Å². The Hall–Kier alpha value is -2.36. The molecule has 0 atom stereocenters. The van der Waals surface area contributed by atoms with Crippen LogP contribution in [0.3, 0.4) is 0 Å². The zero-order valence-electron chi connectivity index (χ0n) is 9.93. The van der Waals surface area contributed by atoms with Gasteiger partial charge < -0.3 is 10.6 Å². The summed E-state index contributed by atoms with van der Waals surface area (Å²) in [6.45, 7) is 1.65. The highest BCUT2D eigenvalue weighted by molar-refractivity contribution is 5.99. The SMILES string of the molecule is N=C(N)c1cccnc1N1Cc2ccccc2C1. The average Bonchev–Trinajstić information content (AvgIpc) is 2.82. The number of fused-ring (bicyclic) bond motifs is 1. The minimum atomic E-state index is 0.0639. The van der Waals surface area contributed by atoms with Crippen LogP contribution in [0.4, 0.5) is 5.82 Å². The smallest absolute Gasteiger partial charge is 0.140 e. The monoisotopic (exact) mass is 238 g/mol. The van der Waals surface area contributed by atoms with Gasteiger partial charge in [0.2, 0.25) is 0 Å². The number of anilines is 1. The molecule has 1 aromatic heterocycles. The summed E-state index contributed by atoms with van der Waals surface area (Å²) in [5.41, 5.74) is 8.94. The number of nitrogens with two attached hydrogens (primary N) is 1. The van der Waals surface area contributed by atoms with E-state index in [2.05, 4.69) is 22.0 Å². The zero-order chi connectivity index (χ0) is 12.5. The summed E-state index contributed by atoms with van der Waals surface area (Å²) in [5, 5.41) is 7.61. The number of nitrogens with one attached hydrogen (secondary N) is 1. The Bertz CT molecular complexity index is 581. The number of hydrogen-bond donors (Lipinski definition) is 2. The third-order valence-corrected chi connectivity index (χ3v) is 3.22. The molecule has 0 saturated heterocycles. The minimum Gasteiger partial charge on any atom is -0.384 e. The molecular formula is C14H14N4. The molecule has 1 aromatic carbocycles.